The van der Waals surface area contributed by atoms with Gasteiger partial charge in [-0.1, -0.05) is 19.9 Å². The van der Waals surface area contributed by atoms with Crippen LogP contribution in [0.25, 0.3) is 0 Å². The molecule has 17 heavy (non-hydrogen) atoms. The van der Waals surface area contributed by atoms with Gasteiger partial charge in [-0.25, -0.2) is 0 Å². The zero-order chi connectivity index (χ0) is 12.0. The minimum absolute atomic E-state index is 0. The molecule has 96 valence electrons. The van der Waals surface area contributed by atoms with E-state index in [0.29, 0.717) is 12.3 Å². The molecule has 0 saturated carbocycles. The van der Waals surface area contributed by atoms with E-state index in [2.05, 4.69) is 18.8 Å². The highest BCUT2D eigenvalue weighted by atomic mass is 35.5. The topological polar surface area (TPSA) is 33.2 Å². The van der Waals surface area contributed by atoms with E-state index >= 15 is 0 Å². The van der Waals surface area contributed by atoms with E-state index in [1.165, 1.54) is 0 Å². The number of nitrogens with zero attached hydrogens (tertiary/aromatic N) is 2. The first-order valence-corrected chi connectivity index (χ1v) is 5.73. The maximum Gasteiger partial charge on any atom is 0.222 e. The van der Waals surface area contributed by atoms with Crippen LogP contribution in [0.3, 0.4) is 0 Å². The Bertz CT molecular complexity index is 327. The van der Waals surface area contributed by atoms with Gasteiger partial charge in [0.15, 0.2) is 0 Å². The van der Waals surface area contributed by atoms with Crippen molar-refractivity contribution in [1.82, 2.24) is 9.88 Å². The summed E-state index contributed by atoms with van der Waals surface area (Å²) in [6.07, 6.45) is 3.23. The lowest BCUT2D eigenvalue weighted by molar-refractivity contribution is -0.130. The number of halogens is 1. The van der Waals surface area contributed by atoms with Crippen molar-refractivity contribution in [2.75, 3.05) is 13.6 Å². The molecule has 4 heteroatoms. The first-order valence-electron chi connectivity index (χ1n) is 5.73. The Morgan fingerprint density at radius 3 is 2.65 bits per heavy atom. The van der Waals surface area contributed by atoms with E-state index < -0.39 is 0 Å². The molecule has 0 unspecified atom stereocenters. The second-order valence-corrected chi connectivity index (χ2v) is 4.48. The summed E-state index contributed by atoms with van der Waals surface area (Å²) in [5, 5.41) is 0. The molecule has 0 atom stereocenters. The van der Waals surface area contributed by atoms with Crippen molar-refractivity contribution in [3.8, 4) is 0 Å². The van der Waals surface area contributed by atoms with Crippen LogP contribution in [0.5, 0.6) is 0 Å². The Morgan fingerprint density at radius 1 is 1.41 bits per heavy atom. The zero-order valence-corrected chi connectivity index (χ0v) is 11.5. The molecule has 3 nitrogen and oxygen atoms in total. The lowest BCUT2D eigenvalue weighted by Gasteiger charge is -2.17. The van der Waals surface area contributed by atoms with E-state index in [1.807, 2.05) is 25.2 Å². The monoisotopic (exact) mass is 256 g/mol. The molecule has 0 aromatic carbocycles. The van der Waals surface area contributed by atoms with Crippen LogP contribution in [0.4, 0.5) is 0 Å². The summed E-state index contributed by atoms with van der Waals surface area (Å²) >= 11 is 0. The van der Waals surface area contributed by atoms with E-state index in [-0.39, 0.29) is 18.3 Å². The van der Waals surface area contributed by atoms with E-state index in [9.17, 15) is 4.79 Å². The fourth-order valence-corrected chi connectivity index (χ4v) is 1.46. The number of aromatic nitrogens is 1. The quantitative estimate of drug-likeness (QED) is 0.811. The summed E-state index contributed by atoms with van der Waals surface area (Å²) in [5.74, 6) is 0.635. The van der Waals surface area contributed by atoms with E-state index in [0.717, 1.165) is 18.7 Å². The van der Waals surface area contributed by atoms with Crippen LogP contribution < -0.4 is 0 Å². The number of pyridine rings is 1. The Balaban J connectivity index is 0.00000256. The van der Waals surface area contributed by atoms with Crippen molar-refractivity contribution in [2.24, 2.45) is 5.92 Å². The molecule has 1 rings (SSSR count). The number of rotatable bonds is 5. The lowest BCUT2D eigenvalue weighted by atomic mass is 10.1. The van der Waals surface area contributed by atoms with Gasteiger partial charge >= 0.3 is 0 Å². The van der Waals surface area contributed by atoms with Gasteiger partial charge in [0.2, 0.25) is 5.91 Å². The molecule has 1 heterocycles. The molecule has 1 aromatic rings. The summed E-state index contributed by atoms with van der Waals surface area (Å²) < 4.78 is 0. The van der Waals surface area contributed by atoms with Gasteiger partial charge in [-0.15, -0.1) is 12.4 Å². The minimum Gasteiger partial charge on any atom is -0.345 e. The SMILES string of the molecule is CC(C)CC(=O)N(C)CCc1ccccn1.Cl. The summed E-state index contributed by atoms with van der Waals surface area (Å²) in [6.45, 7) is 4.86. The normalized spacial score (nSPS) is 9.88. The molecule has 1 amide bonds. The summed E-state index contributed by atoms with van der Waals surface area (Å²) in [6, 6.07) is 5.86. The number of carbonyl (C=O) groups is 1. The summed E-state index contributed by atoms with van der Waals surface area (Å²) in [7, 11) is 1.85. The Kier molecular flexibility index (Phi) is 7.55. The standard InChI is InChI=1S/C13H20N2O.ClH/c1-11(2)10-13(16)15(3)9-7-12-6-4-5-8-14-12;/h4-6,8,11H,7,9-10H2,1-3H3;1H. The molecule has 0 spiro atoms. The van der Waals surface area contributed by atoms with Gasteiger partial charge < -0.3 is 4.90 Å². The van der Waals surface area contributed by atoms with Gasteiger partial charge in [0.05, 0.1) is 0 Å². The molecule has 0 radical (unpaired) electrons. The third kappa shape index (κ3) is 6.27. The van der Waals surface area contributed by atoms with Gasteiger partial charge in [0.1, 0.15) is 0 Å². The van der Waals surface area contributed by atoms with E-state index in [4.69, 9.17) is 0 Å². The molecule has 0 saturated heterocycles. The van der Waals surface area contributed by atoms with Crippen molar-refractivity contribution in [3.63, 3.8) is 0 Å². The molecular weight excluding hydrogens is 236 g/mol. The third-order valence-electron chi connectivity index (χ3n) is 2.44. The van der Waals surface area contributed by atoms with Crippen LogP contribution in [-0.4, -0.2) is 29.4 Å². The van der Waals surface area contributed by atoms with Gasteiger partial charge in [-0.2, -0.15) is 0 Å². The minimum atomic E-state index is 0. The number of carbonyl (C=O) groups excluding carboxylic acids is 1. The highest BCUT2D eigenvalue weighted by Gasteiger charge is 2.10. The number of hydrogen-bond acceptors (Lipinski definition) is 2. The average molecular weight is 257 g/mol. The Labute approximate surface area is 110 Å². The van der Waals surface area contributed by atoms with E-state index in [1.54, 1.807) is 11.1 Å². The van der Waals surface area contributed by atoms with Gasteiger partial charge in [0, 0.05) is 38.3 Å². The van der Waals surface area contributed by atoms with Crippen LogP contribution >= 0.6 is 12.4 Å². The van der Waals surface area contributed by atoms with Gasteiger partial charge in [-0.05, 0) is 18.1 Å². The maximum atomic E-state index is 11.7. The van der Waals surface area contributed by atoms with Crippen LogP contribution in [0.15, 0.2) is 24.4 Å². The highest BCUT2D eigenvalue weighted by Crippen LogP contribution is 2.04. The first-order chi connectivity index (χ1) is 7.59. The fraction of sp³-hybridized carbons (Fsp3) is 0.538. The number of likely N-dealkylation sites (N-methyl/N-ethyl adjacent to an activating group) is 1. The first kappa shape index (κ1) is 15.9. The molecule has 0 aliphatic rings. The van der Waals surface area contributed by atoms with Crippen molar-refractivity contribution in [3.05, 3.63) is 30.1 Å². The molecular formula is C13H21ClN2O. The third-order valence-corrected chi connectivity index (χ3v) is 2.44. The van der Waals surface area contributed by atoms with Crippen LogP contribution in [0.2, 0.25) is 0 Å². The van der Waals surface area contributed by atoms with Crippen LogP contribution in [0.1, 0.15) is 26.0 Å². The van der Waals surface area contributed by atoms with Crippen molar-refractivity contribution in [1.29, 1.82) is 0 Å². The van der Waals surface area contributed by atoms with Gasteiger partial charge in [0.25, 0.3) is 0 Å². The van der Waals surface area contributed by atoms with Crippen LogP contribution in [0, 0.1) is 5.92 Å². The molecule has 0 aliphatic heterocycles. The van der Waals surface area contributed by atoms with Crippen molar-refractivity contribution >= 4 is 18.3 Å². The largest absolute Gasteiger partial charge is 0.345 e. The molecule has 0 aliphatic carbocycles. The predicted molar refractivity (Wildman–Crippen MR) is 72.3 cm³/mol. The number of amides is 1. The maximum absolute atomic E-state index is 11.7. The smallest absolute Gasteiger partial charge is 0.222 e. The molecule has 0 bridgehead atoms. The summed E-state index contributed by atoms with van der Waals surface area (Å²) in [4.78, 5) is 17.7. The molecule has 0 N–H and O–H groups in total. The van der Waals surface area contributed by atoms with Crippen LogP contribution in [-0.2, 0) is 11.2 Å². The molecule has 0 fully saturated rings. The van der Waals surface area contributed by atoms with Gasteiger partial charge in [-0.3, -0.25) is 9.78 Å². The second-order valence-electron chi connectivity index (χ2n) is 4.48. The zero-order valence-electron chi connectivity index (χ0n) is 10.7. The van der Waals surface area contributed by atoms with Crippen molar-refractivity contribution in [2.45, 2.75) is 26.7 Å². The van der Waals surface area contributed by atoms with Crippen molar-refractivity contribution < 1.29 is 4.79 Å². The molecule has 1 aromatic heterocycles. The summed E-state index contributed by atoms with van der Waals surface area (Å²) in [5.41, 5.74) is 1.03. The lowest BCUT2D eigenvalue weighted by Crippen LogP contribution is -2.29. The highest BCUT2D eigenvalue weighted by molar-refractivity contribution is 5.85. The average Bonchev–Trinajstić information content (AvgIpc) is 2.26. The predicted octanol–water partition coefficient (Wildman–Crippen LogP) is 2.55. The Morgan fingerprint density at radius 2 is 2.12 bits per heavy atom. The second kappa shape index (κ2) is 8.07. The Hall–Kier alpha value is -1.09. The number of hydrogen-bond donors (Lipinski definition) is 0. The fourth-order valence-electron chi connectivity index (χ4n) is 1.46.